The van der Waals surface area contributed by atoms with Crippen LogP contribution in [0, 0.1) is 11.8 Å². The van der Waals surface area contributed by atoms with Crippen LogP contribution >= 0.6 is 11.6 Å². The van der Waals surface area contributed by atoms with Gasteiger partial charge in [0, 0.05) is 13.2 Å². The topological polar surface area (TPSA) is 93.4 Å². The van der Waals surface area contributed by atoms with Crippen LogP contribution in [0.4, 0.5) is 5.69 Å². The maximum Gasteiger partial charge on any atom is 0.306 e. The minimum atomic E-state index is -0.761. The number of hydrogen-bond acceptors (Lipinski definition) is 5. The van der Waals surface area contributed by atoms with Crippen LogP contribution in [0.5, 0.6) is 0 Å². The molecule has 0 bridgehead atoms. The Kier molecular flexibility index (Phi) is 5.96. The molecule has 8 heteroatoms. The van der Waals surface area contributed by atoms with Crippen LogP contribution in [0.25, 0.3) is 0 Å². The lowest BCUT2D eigenvalue weighted by atomic mass is 9.86. The molecule has 1 aromatic rings. The largest absolute Gasteiger partial charge is 0.481 e. The molecule has 1 unspecified atom stereocenters. The van der Waals surface area contributed by atoms with Gasteiger partial charge in [0.15, 0.2) is 0 Å². The lowest BCUT2D eigenvalue weighted by Crippen LogP contribution is -2.32. The average molecular weight is 370 g/mol. The molecule has 25 heavy (non-hydrogen) atoms. The van der Waals surface area contributed by atoms with Crippen LogP contribution in [0.1, 0.15) is 44.6 Å². The summed E-state index contributed by atoms with van der Waals surface area (Å²) in [5.74, 6) is -0.664. The summed E-state index contributed by atoms with van der Waals surface area (Å²) in [6.45, 7) is 2.25. The first-order chi connectivity index (χ1) is 12.1. The predicted molar refractivity (Wildman–Crippen MR) is 94.2 cm³/mol. The summed E-state index contributed by atoms with van der Waals surface area (Å²) in [6.07, 6.45) is 6.14. The lowest BCUT2D eigenvalue weighted by Gasteiger charge is -2.27. The third kappa shape index (κ3) is 4.33. The fourth-order valence-electron chi connectivity index (χ4n) is 3.62. The number of ether oxygens (including phenoxy) is 1. The Labute approximate surface area is 151 Å². The molecule has 0 spiro atoms. The molecule has 7 nitrogen and oxygen atoms in total. The monoisotopic (exact) mass is 369 g/mol. The third-order valence-corrected chi connectivity index (χ3v) is 5.54. The van der Waals surface area contributed by atoms with Crippen molar-refractivity contribution >= 4 is 23.3 Å². The van der Waals surface area contributed by atoms with E-state index in [0.29, 0.717) is 43.8 Å². The number of halogens is 1. The van der Waals surface area contributed by atoms with Gasteiger partial charge in [-0.2, -0.15) is 5.10 Å². The highest BCUT2D eigenvalue weighted by atomic mass is 35.5. The molecule has 1 atom stereocenters. The molecule has 1 aliphatic heterocycles. The van der Waals surface area contributed by atoms with E-state index in [1.54, 1.807) is 6.20 Å². The number of nitrogens with zero attached hydrogens (tertiary/aromatic N) is 2. The van der Waals surface area contributed by atoms with Crippen molar-refractivity contribution in [1.82, 2.24) is 9.78 Å². The third-order valence-electron chi connectivity index (χ3n) is 5.17. The minimum absolute atomic E-state index is 0.0820. The van der Waals surface area contributed by atoms with Gasteiger partial charge in [-0.25, -0.2) is 4.68 Å². The van der Waals surface area contributed by atoms with E-state index >= 15 is 0 Å². The number of carboxylic acid groups (broad SMARTS) is 1. The van der Waals surface area contributed by atoms with Gasteiger partial charge in [0.25, 0.3) is 5.56 Å². The second-order valence-electron chi connectivity index (χ2n) is 6.93. The SMILES string of the molecule is O=C(O)C1CCC(n2ncc(NCC3CCCOC3)c(Cl)c2=O)CC1. The van der Waals surface area contributed by atoms with E-state index in [4.69, 9.17) is 21.4 Å². The Bertz CT molecular complexity index is 664. The number of anilines is 1. The van der Waals surface area contributed by atoms with Crippen LogP contribution in [0.3, 0.4) is 0 Å². The molecule has 2 N–H and O–H groups in total. The number of hydrogen-bond donors (Lipinski definition) is 2. The van der Waals surface area contributed by atoms with Crippen molar-refractivity contribution in [3.8, 4) is 0 Å². The minimum Gasteiger partial charge on any atom is -0.481 e. The molecular formula is C17H24ClN3O4. The van der Waals surface area contributed by atoms with Crippen molar-refractivity contribution in [2.45, 2.75) is 44.6 Å². The first-order valence-electron chi connectivity index (χ1n) is 8.88. The Hall–Kier alpha value is -1.60. The highest BCUT2D eigenvalue weighted by Gasteiger charge is 2.28. The zero-order chi connectivity index (χ0) is 17.8. The summed E-state index contributed by atoms with van der Waals surface area (Å²) in [7, 11) is 0. The van der Waals surface area contributed by atoms with Gasteiger partial charge in [0.1, 0.15) is 5.02 Å². The van der Waals surface area contributed by atoms with Gasteiger partial charge in [-0.3, -0.25) is 9.59 Å². The van der Waals surface area contributed by atoms with E-state index in [1.807, 2.05) is 0 Å². The molecular weight excluding hydrogens is 346 g/mol. The molecule has 2 heterocycles. The summed E-state index contributed by atoms with van der Waals surface area (Å²) in [5.41, 5.74) is 0.234. The van der Waals surface area contributed by atoms with Crippen LogP contribution in [-0.4, -0.2) is 40.6 Å². The maximum atomic E-state index is 12.5. The molecule has 1 aromatic heterocycles. The molecule has 0 radical (unpaired) electrons. The average Bonchev–Trinajstić information content (AvgIpc) is 2.64. The quantitative estimate of drug-likeness (QED) is 0.828. The molecule has 3 rings (SSSR count). The fraction of sp³-hybridized carbons (Fsp3) is 0.706. The van der Waals surface area contributed by atoms with Crippen molar-refractivity contribution in [2.24, 2.45) is 11.8 Å². The zero-order valence-corrected chi connectivity index (χ0v) is 14.9. The van der Waals surface area contributed by atoms with Crippen molar-refractivity contribution in [2.75, 3.05) is 25.1 Å². The normalized spacial score (nSPS) is 27.0. The number of nitrogens with one attached hydrogen (secondary N) is 1. The van der Waals surface area contributed by atoms with Gasteiger partial charge in [-0.15, -0.1) is 0 Å². The molecule has 1 saturated heterocycles. The Morgan fingerprint density at radius 3 is 2.76 bits per heavy atom. The number of rotatable bonds is 5. The van der Waals surface area contributed by atoms with Gasteiger partial charge in [-0.05, 0) is 44.4 Å². The Morgan fingerprint density at radius 1 is 1.36 bits per heavy atom. The van der Waals surface area contributed by atoms with Gasteiger partial charge in [0.2, 0.25) is 0 Å². The Morgan fingerprint density at radius 2 is 2.12 bits per heavy atom. The Balaban J connectivity index is 1.64. The van der Waals surface area contributed by atoms with E-state index in [-0.39, 0.29) is 22.5 Å². The van der Waals surface area contributed by atoms with Gasteiger partial charge in [-0.1, -0.05) is 11.6 Å². The van der Waals surface area contributed by atoms with E-state index in [2.05, 4.69) is 10.4 Å². The molecule has 2 fully saturated rings. The predicted octanol–water partition coefficient (Wildman–Crippen LogP) is 2.55. The molecule has 0 aromatic carbocycles. The van der Waals surface area contributed by atoms with E-state index < -0.39 is 5.97 Å². The summed E-state index contributed by atoms with van der Waals surface area (Å²) in [5, 5.41) is 16.7. The molecule has 138 valence electrons. The second kappa shape index (κ2) is 8.19. The van der Waals surface area contributed by atoms with E-state index in [1.165, 1.54) is 4.68 Å². The van der Waals surface area contributed by atoms with Crippen molar-refractivity contribution in [3.63, 3.8) is 0 Å². The van der Waals surface area contributed by atoms with Crippen LogP contribution in [0.15, 0.2) is 11.0 Å². The van der Waals surface area contributed by atoms with Crippen molar-refractivity contribution < 1.29 is 14.6 Å². The number of aliphatic carboxylic acids is 1. The molecule has 1 aliphatic carbocycles. The standard InChI is InChI=1S/C17H24ClN3O4/c18-15-14(19-8-11-2-1-7-25-10-11)9-20-21(16(15)22)13-5-3-12(4-6-13)17(23)24/h9,11-13,19H,1-8,10H2,(H,23,24). The van der Waals surface area contributed by atoms with Gasteiger partial charge >= 0.3 is 5.97 Å². The summed E-state index contributed by atoms with van der Waals surface area (Å²) in [6, 6.07) is -0.0820. The van der Waals surface area contributed by atoms with Gasteiger partial charge < -0.3 is 15.2 Å². The van der Waals surface area contributed by atoms with Crippen molar-refractivity contribution in [1.29, 1.82) is 0 Å². The maximum absolute atomic E-state index is 12.5. The number of carboxylic acids is 1. The van der Waals surface area contributed by atoms with Crippen LogP contribution in [-0.2, 0) is 9.53 Å². The molecule has 2 aliphatic rings. The smallest absolute Gasteiger partial charge is 0.306 e. The van der Waals surface area contributed by atoms with Crippen LogP contribution in [0.2, 0.25) is 5.02 Å². The highest BCUT2D eigenvalue weighted by Crippen LogP contribution is 2.31. The van der Waals surface area contributed by atoms with E-state index in [9.17, 15) is 9.59 Å². The lowest BCUT2D eigenvalue weighted by molar-refractivity contribution is -0.143. The molecule has 1 saturated carbocycles. The van der Waals surface area contributed by atoms with Crippen molar-refractivity contribution in [3.05, 3.63) is 21.6 Å². The zero-order valence-electron chi connectivity index (χ0n) is 14.1. The first kappa shape index (κ1) is 18.2. The van der Waals surface area contributed by atoms with Gasteiger partial charge in [0.05, 0.1) is 30.5 Å². The second-order valence-corrected chi connectivity index (χ2v) is 7.31. The number of aromatic nitrogens is 2. The summed E-state index contributed by atoms with van der Waals surface area (Å²) >= 11 is 6.25. The number of carbonyl (C=O) groups is 1. The van der Waals surface area contributed by atoms with Crippen LogP contribution < -0.4 is 10.9 Å². The summed E-state index contributed by atoms with van der Waals surface area (Å²) < 4.78 is 6.86. The summed E-state index contributed by atoms with van der Waals surface area (Å²) in [4.78, 5) is 23.6. The fourth-order valence-corrected chi connectivity index (χ4v) is 3.82. The highest BCUT2D eigenvalue weighted by molar-refractivity contribution is 6.32. The van der Waals surface area contributed by atoms with E-state index in [0.717, 1.165) is 26.1 Å². The first-order valence-corrected chi connectivity index (χ1v) is 9.25. The molecule has 0 amide bonds.